The van der Waals surface area contributed by atoms with Crippen LogP contribution in [-0.4, -0.2) is 111 Å². The van der Waals surface area contributed by atoms with Crippen molar-refractivity contribution in [2.24, 2.45) is 0 Å². The Kier molecular flexibility index (Phi) is 9.79. The number of piperazine rings is 1. The Balaban J connectivity index is 1.34. The summed E-state index contributed by atoms with van der Waals surface area (Å²) < 4.78 is 87.2. The number of hydrogen-bond acceptors (Lipinski definition) is 8. The third kappa shape index (κ3) is 7.08. The number of aliphatic carboxylic acids is 1. The summed E-state index contributed by atoms with van der Waals surface area (Å²) in [6.07, 6.45) is -6.33. The van der Waals surface area contributed by atoms with Gasteiger partial charge in [-0.25, -0.2) is 4.98 Å². The van der Waals surface area contributed by atoms with Crippen molar-refractivity contribution in [3.05, 3.63) is 23.5 Å². The van der Waals surface area contributed by atoms with E-state index in [1.165, 1.54) is 6.07 Å². The Labute approximate surface area is 255 Å². The lowest BCUT2D eigenvalue weighted by Gasteiger charge is -2.42. The Bertz CT molecular complexity index is 1310. The van der Waals surface area contributed by atoms with Crippen LogP contribution in [0.1, 0.15) is 50.8 Å². The van der Waals surface area contributed by atoms with Crippen molar-refractivity contribution in [3.8, 4) is 6.07 Å². The zero-order valence-electron chi connectivity index (χ0n) is 24.0. The van der Waals surface area contributed by atoms with Crippen LogP contribution in [0.25, 0.3) is 0 Å². The summed E-state index contributed by atoms with van der Waals surface area (Å²) in [5.74, 6) is -1.84. The number of amides is 1. The molecule has 0 bridgehead atoms. The van der Waals surface area contributed by atoms with E-state index in [-0.39, 0.29) is 55.7 Å². The lowest BCUT2D eigenvalue weighted by atomic mass is 9.89. The van der Waals surface area contributed by atoms with Gasteiger partial charge in [0.15, 0.2) is 10.8 Å². The zero-order chi connectivity index (χ0) is 32.6. The molecule has 44 heavy (non-hydrogen) atoms. The molecule has 3 fully saturated rings. The first-order chi connectivity index (χ1) is 20.4. The van der Waals surface area contributed by atoms with Gasteiger partial charge in [-0.3, -0.25) is 24.3 Å². The fourth-order valence-corrected chi connectivity index (χ4v) is 6.67. The van der Waals surface area contributed by atoms with E-state index in [1.54, 1.807) is 23.6 Å². The first-order valence-electron chi connectivity index (χ1n) is 14.0. The minimum atomic E-state index is -4.86. The quantitative estimate of drug-likeness (QED) is 0.331. The molecule has 242 valence electrons. The molecule has 0 spiro atoms. The van der Waals surface area contributed by atoms with Gasteiger partial charge in [0, 0.05) is 32.2 Å². The summed E-state index contributed by atoms with van der Waals surface area (Å²) in [5.41, 5.74) is -3.43. The molecule has 3 aliphatic rings. The van der Waals surface area contributed by atoms with E-state index < -0.39 is 53.6 Å². The third-order valence-electron chi connectivity index (χ3n) is 8.33. The molecule has 0 radical (unpaired) electrons. The number of hydrogen-bond donors (Lipinski definition) is 1. The molecule has 2 saturated heterocycles. The molecule has 4 rings (SSSR count). The molecule has 1 aliphatic carbocycles. The Morgan fingerprint density at radius 2 is 1.84 bits per heavy atom. The van der Waals surface area contributed by atoms with Gasteiger partial charge >= 0.3 is 18.3 Å². The van der Waals surface area contributed by atoms with E-state index in [0.717, 1.165) is 16.0 Å². The second kappa shape index (κ2) is 12.7. The number of carbonyl (C=O) groups excluding carboxylic acids is 1. The molecule has 1 aromatic heterocycles. The van der Waals surface area contributed by atoms with Gasteiger partial charge in [-0.1, -0.05) is 0 Å². The van der Waals surface area contributed by atoms with Gasteiger partial charge < -0.3 is 14.7 Å². The van der Waals surface area contributed by atoms with Crippen molar-refractivity contribution >= 4 is 34.9 Å². The van der Waals surface area contributed by atoms with Crippen LogP contribution in [0.3, 0.4) is 0 Å². The number of alkyl halides is 6. The van der Waals surface area contributed by atoms with Crippen molar-refractivity contribution < 1.29 is 45.8 Å². The summed E-state index contributed by atoms with van der Waals surface area (Å²) in [4.78, 5) is 33.3. The largest absolute Gasteiger partial charge is 0.480 e. The molecular formula is C27H32F6N6O4S. The number of nitrogens with zero attached hydrogens (tertiary/aromatic N) is 6. The van der Waals surface area contributed by atoms with E-state index >= 15 is 0 Å². The van der Waals surface area contributed by atoms with Crippen molar-refractivity contribution in [2.45, 2.75) is 75.6 Å². The number of thiocarbonyl (C=S) groups is 1. The molecule has 1 N–H and O–H groups in total. The van der Waals surface area contributed by atoms with Crippen LogP contribution in [-0.2, 0) is 20.5 Å². The van der Waals surface area contributed by atoms with Crippen LogP contribution in [0.5, 0.6) is 0 Å². The number of aromatic nitrogens is 1. The van der Waals surface area contributed by atoms with Crippen molar-refractivity contribution in [3.63, 3.8) is 0 Å². The molecule has 1 amide bonds. The van der Waals surface area contributed by atoms with Gasteiger partial charge in [-0.15, -0.1) is 0 Å². The highest BCUT2D eigenvalue weighted by molar-refractivity contribution is 7.80. The van der Waals surface area contributed by atoms with Crippen molar-refractivity contribution in [1.29, 1.82) is 5.26 Å². The minimum Gasteiger partial charge on any atom is -0.480 e. The average Bonchev–Trinajstić information content (AvgIpc) is 3.11. The maximum absolute atomic E-state index is 13.5. The number of anilines is 1. The summed E-state index contributed by atoms with van der Waals surface area (Å²) in [7, 11) is 0. The average molecular weight is 651 g/mol. The summed E-state index contributed by atoms with van der Waals surface area (Å²) in [6.45, 7) is 2.92. The van der Waals surface area contributed by atoms with E-state index in [2.05, 4.69) is 4.98 Å². The first-order valence-corrected chi connectivity index (χ1v) is 14.4. The Morgan fingerprint density at radius 3 is 2.41 bits per heavy atom. The molecule has 2 aliphatic heterocycles. The van der Waals surface area contributed by atoms with Crippen LogP contribution in [0.4, 0.5) is 32.0 Å². The fourth-order valence-electron chi connectivity index (χ4n) is 6.10. The highest BCUT2D eigenvalue weighted by Crippen LogP contribution is 2.40. The van der Waals surface area contributed by atoms with Crippen molar-refractivity contribution in [1.82, 2.24) is 19.7 Å². The smallest absolute Gasteiger partial charge is 0.419 e. The minimum absolute atomic E-state index is 0.0289. The second-order valence-corrected chi connectivity index (χ2v) is 11.9. The van der Waals surface area contributed by atoms with E-state index in [0.29, 0.717) is 31.7 Å². The van der Waals surface area contributed by atoms with E-state index in [9.17, 15) is 35.9 Å². The molecule has 3 heterocycles. The number of pyridine rings is 1. The highest BCUT2D eigenvalue weighted by atomic mass is 32.1. The number of ether oxygens (including phenoxy) is 1. The number of halogens is 6. The number of nitriles is 1. The van der Waals surface area contributed by atoms with Gasteiger partial charge in [0.1, 0.15) is 17.6 Å². The number of rotatable bonds is 8. The van der Waals surface area contributed by atoms with Crippen molar-refractivity contribution in [2.75, 3.05) is 44.2 Å². The summed E-state index contributed by atoms with van der Waals surface area (Å²) >= 11 is 5.59. The molecule has 1 saturated carbocycles. The topological polar surface area (TPSA) is 113 Å². The molecular weight excluding hydrogens is 618 g/mol. The zero-order valence-corrected chi connectivity index (χ0v) is 24.8. The van der Waals surface area contributed by atoms with Gasteiger partial charge in [-0.05, 0) is 57.8 Å². The van der Waals surface area contributed by atoms with Crippen LogP contribution >= 0.6 is 12.2 Å². The first kappa shape index (κ1) is 33.8. The molecule has 0 unspecified atom stereocenters. The molecule has 1 aromatic rings. The van der Waals surface area contributed by atoms with Gasteiger partial charge in [0.05, 0.1) is 36.7 Å². The lowest BCUT2D eigenvalue weighted by molar-refractivity contribution is -0.199. The lowest BCUT2D eigenvalue weighted by Crippen LogP contribution is -2.60. The van der Waals surface area contributed by atoms with Gasteiger partial charge in [0.25, 0.3) is 5.91 Å². The number of carboxylic acid groups (broad SMARTS) is 1. The summed E-state index contributed by atoms with van der Waals surface area (Å²) in [5, 5.41) is 18.0. The van der Waals surface area contributed by atoms with E-state index in [4.69, 9.17) is 27.3 Å². The molecule has 10 nitrogen and oxygen atoms in total. The molecule has 17 heteroatoms. The predicted molar refractivity (Wildman–Crippen MR) is 147 cm³/mol. The number of carboxylic acids is 1. The van der Waals surface area contributed by atoms with Crippen LogP contribution in [0, 0.1) is 11.3 Å². The third-order valence-corrected chi connectivity index (χ3v) is 8.71. The predicted octanol–water partition coefficient (Wildman–Crippen LogP) is 3.65. The van der Waals surface area contributed by atoms with E-state index in [1.807, 2.05) is 0 Å². The standard InChI is InChI=1S/C27H32F6N6O4S/c1-25(2)23(42)38(17-11-19(26(28,29)30)20(12-34)35-13-17)24(44)39(25)16-3-5-18(6-4-16)43-10-9-36-7-8-37(15-22(40)41)21(14-36)27(31,32)33/h11,13,16,18,21H,3-10,14-15H2,1-2H3,(H,40,41)/t16?,18?,21-/m1/s1. The Morgan fingerprint density at radius 1 is 1.18 bits per heavy atom. The maximum Gasteiger partial charge on any atom is 0.419 e. The highest BCUT2D eigenvalue weighted by Gasteiger charge is 2.53. The summed E-state index contributed by atoms with van der Waals surface area (Å²) in [6, 6.07) is 0.0201. The van der Waals surface area contributed by atoms with Crippen LogP contribution < -0.4 is 4.90 Å². The normalized spacial score (nSPS) is 25.4. The monoisotopic (exact) mass is 650 g/mol. The number of carbonyl (C=O) groups is 2. The van der Waals surface area contributed by atoms with Crippen LogP contribution in [0.15, 0.2) is 12.3 Å². The maximum atomic E-state index is 13.5. The molecule has 0 aromatic carbocycles. The Hall–Kier alpha value is -3.07. The SMILES string of the molecule is CC1(C)C(=O)N(c2cnc(C#N)c(C(F)(F)F)c2)C(=S)N1C1CCC(OCCN2CCN(CC(=O)O)[C@@H](C(F)(F)F)C2)CC1. The van der Waals surface area contributed by atoms with Gasteiger partial charge in [-0.2, -0.15) is 31.6 Å². The van der Waals surface area contributed by atoms with Gasteiger partial charge in [0.2, 0.25) is 0 Å². The molecule has 1 atom stereocenters. The fraction of sp³-hybridized carbons (Fsp3) is 0.667. The van der Waals surface area contributed by atoms with Crippen LogP contribution in [0.2, 0.25) is 0 Å². The second-order valence-electron chi connectivity index (χ2n) is 11.6.